The van der Waals surface area contributed by atoms with Crippen molar-refractivity contribution in [3.63, 3.8) is 0 Å². The van der Waals surface area contributed by atoms with E-state index < -0.39 is 0 Å². The maximum absolute atomic E-state index is 12.1. The van der Waals surface area contributed by atoms with Crippen LogP contribution < -0.4 is 10.1 Å². The van der Waals surface area contributed by atoms with Crippen molar-refractivity contribution in [2.45, 2.75) is 30.4 Å². The van der Waals surface area contributed by atoms with Crippen LogP contribution in [0.25, 0.3) is 0 Å². The number of benzene rings is 2. The number of carbonyl (C=O) groups is 1. The van der Waals surface area contributed by atoms with Gasteiger partial charge >= 0.3 is 0 Å². The van der Waals surface area contributed by atoms with Gasteiger partial charge in [-0.3, -0.25) is 4.79 Å². The van der Waals surface area contributed by atoms with E-state index in [0.717, 1.165) is 32.5 Å². The number of rotatable bonds is 8. The second-order valence-corrected chi connectivity index (χ2v) is 8.59. The van der Waals surface area contributed by atoms with Crippen molar-refractivity contribution in [2.24, 2.45) is 0 Å². The third-order valence-corrected chi connectivity index (χ3v) is 6.07. The molecular formula is C21H20N4O2S2. The van der Waals surface area contributed by atoms with Gasteiger partial charge in [0.2, 0.25) is 11.0 Å². The molecule has 0 saturated carbocycles. The summed E-state index contributed by atoms with van der Waals surface area (Å²) in [5.41, 5.74) is 3.90. The average Bonchev–Trinajstić information content (AvgIpc) is 3.16. The van der Waals surface area contributed by atoms with Crippen molar-refractivity contribution in [1.82, 2.24) is 10.2 Å². The Labute approximate surface area is 177 Å². The minimum Gasteiger partial charge on any atom is -0.493 e. The van der Waals surface area contributed by atoms with Crippen LogP contribution in [0.5, 0.6) is 5.75 Å². The Bertz CT molecular complexity index is 1030. The van der Waals surface area contributed by atoms with E-state index in [1.165, 1.54) is 23.1 Å². The Morgan fingerprint density at radius 3 is 2.76 bits per heavy atom. The summed E-state index contributed by atoms with van der Waals surface area (Å²) in [7, 11) is 0. The smallest absolute Gasteiger partial charge is 0.229 e. The molecule has 1 aromatic heterocycles. The second-order valence-electron chi connectivity index (χ2n) is 6.39. The molecule has 0 aliphatic rings. The van der Waals surface area contributed by atoms with Crippen molar-refractivity contribution >= 4 is 34.1 Å². The van der Waals surface area contributed by atoms with E-state index in [1.807, 2.05) is 44.2 Å². The van der Waals surface area contributed by atoms with Gasteiger partial charge in [-0.25, -0.2) is 0 Å². The Morgan fingerprint density at radius 1 is 1.21 bits per heavy atom. The molecule has 6 nitrogen and oxygen atoms in total. The van der Waals surface area contributed by atoms with Crippen LogP contribution in [0.1, 0.15) is 28.7 Å². The van der Waals surface area contributed by atoms with Gasteiger partial charge in [-0.05, 0) is 48.7 Å². The van der Waals surface area contributed by atoms with E-state index in [4.69, 9.17) is 10.00 Å². The molecule has 0 atom stereocenters. The van der Waals surface area contributed by atoms with Gasteiger partial charge in [0.05, 0.1) is 24.7 Å². The van der Waals surface area contributed by atoms with Crippen molar-refractivity contribution in [3.05, 3.63) is 64.7 Å². The molecule has 1 N–H and O–H groups in total. The largest absolute Gasteiger partial charge is 0.493 e. The molecule has 1 heterocycles. The highest BCUT2D eigenvalue weighted by molar-refractivity contribution is 8.00. The highest BCUT2D eigenvalue weighted by atomic mass is 32.2. The molecule has 1 amide bonds. The predicted octanol–water partition coefficient (Wildman–Crippen LogP) is 4.73. The zero-order valence-electron chi connectivity index (χ0n) is 16.1. The van der Waals surface area contributed by atoms with Crippen LogP contribution in [0.4, 0.5) is 5.13 Å². The third-order valence-electron chi connectivity index (χ3n) is 4.03. The number of thioether (sulfide) groups is 1. The van der Waals surface area contributed by atoms with Crippen LogP contribution in [0.15, 0.2) is 46.8 Å². The lowest BCUT2D eigenvalue weighted by Crippen LogP contribution is -2.15. The fourth-order valence-electron chi connectivity index (χ4n) is 2.44. The first-order valence-corrected chi connectivity index (χ1v) is 10.8. The first-order valence-electron chi connectivity index (χ1n) is 8.99. The molecule has 0 aliphatic carbocycles. The number of carbonyl (C=O) groups excluding carboxylic acids is 1. The first-order chi connectivity index (χ1) is 14.0. The zero-order chi connectivity index (χ0) is 20.6. The zero-order valence-corrected chi connectivity index (χ0v) is 17.8. The number of nitrogens with zero attached hydrogens (tertiary/aromatic N) is 3. The molecule has 148 valence electrons. The molecule has 29 heavy (non-hydrogen) atoms. The molecule has 3 aromatic rings. The molecule has 0 radical (unpaired) electrons. The molecule has 0 bridgehead atoms. The van der Waals surface area contributed by atoms with Gasteiger partial charge in [0.15, 0.2) is 4.34 Å². The first kappa shape index (κ1) is 20.8. The van der Waals surface area contributed by atoms with Gasteiger partial charge in [-0.15, -0.1) is 10.2 Å². The van der Waals surface area contributed by atoms with Crippen LogP contribution in [-0.2, 0) is 10.5 Å². The fraction of sp³-hybridized carbons (Fsp3) is 0.238. The SMILES string of the molecule is Cc1ccc(C)c(OCCC(=O)Nc2nnc(SCc3ccc(C#N)cc3)s2)c1. The fourth-order valence-corrected chi connectivity index (χ4v) is 4.16. The minimum atomic E-state index is -0.157. The van der Waals surface area contributed by atoms with Crippen molar-refractivity contribution in [3.8, 4) is 11.8 Å². The lowest BCUT2D eigenvalue weighted by Gasteiger charge is -2.09. The average molecular weight is 425 g/mol. The van der Waals surface area contributed by atoms with Gasteiger partial charge in [-0.1, -0.05) is 47.4 Å². The Balaban J connectivity index is 1.43. The summed E-state index contributed by atoms with van der Waals surface area (Å²) in [5.74, 6) is 1.36. The van der Waals surface area contributed by atoms with Crippen LogP contribution in [-0.4, -0.2) is 22.7 Å². The van der Waals surface area contributed by atoms with Crippen LogP contribution in [0.2, 0.25) is 0 Å². The van der Waals surface area contributed by atoms with E-state index in [2.05, 4.69) is 21.6 Å². The second kappa shape index (κ2) is 10.0. The number of aryl methyl sites for hydroxylation is 2. The van der Waals surface area contributed by atoms with E-state index in [-0.39, 0.29) is 12.3 Å². The summed E-state index contributed by atoms with van der Waals surface area (Å²) in [6, 6.07) is 15.5. The summed E-state index contributed by atoms with van der Waals surface area (Å²) < 4.78 is 6.49. The van der Waals surface area contributed by atoms with Crippen molar-refractivity contribution in [1.29, 1.82) is 5.26 Å². The maximum atomic E-state index is 12.1. The number of hydrogen-bond acceptors (Lipinski definition) is 7. The lowest BCUT2D eigenvalue weighted by molar-refractivity contribution is -0.116. The van der Waals surface area contributed by atoms with Gasteiger partial charge in [0, 0.05) is 5.75 Å². The highest BCUT2D eigenvalue weighted by Gasteiger charge is 2.10. The molecule has 0 fully saturated rings. The van der Waals surface area contributed by atoms with Crippen LogP contribution >= 0.6 is 23.1 Å². The topological polar surface area (TPSA) is 87.9 Å². The van der Waals surface area contributed by atoms with E-state index in [9.17, 15) is 4.79 Å². The van der Waals surface area contributed by atoms with Gasteiger partial charge in [0.1, 0.15) is 5.75 Å². The number of nitrogens with one attached hydrogen (secondary N) is 1. The lowest BCUT2D eigenvalue weighted by atomic mass is 10.1. The Kier molecular flexibility index (Phi) is 7.22. The van der Waals surface area contributed by atoms with Crippen molar-refractivity contribution < 1.29 is 9.53 Å². The number of aromatic nitrogens is 2. The molecule has 3 rings (SSSR count). The van der Waals surface area contributed by atoms with E-state index in [0.29, 0.717) is 17.3 Å². The molecule has 0 aliphatic heterocycles. The summed E-state index contributed by atoms with van der Waals surface area (Å²) in [5, 5.41) is 20.2. The molecule has 8 heteroatoms. The third kappa shape index (κ3) is 6.31. The van der Waals surface area contributed by atoms with Gasteiger partial charge in [-0.2, -0.15) is 5.26 Å². The minimum absolute atomic E-state index is 0.157. The number of ether oxygens (including phenoxy) is 1. The van der Waals surface area contributed by atoms with E-state index in [1.54, 1.807) is 12.1 Å². The molecule has 0 saturated heterocycles. The quantitative estimate of drug-likeness (QED) is 0.416. The molecule has 2 aromatic carbocycles. The van der Waals surface area contributed by atoms with Gasteiger partial charge in [0.25, 0.3) is 0 Å². The summed E-state index contributed by atoms with van der Waals surface area (Å²) in [6.07, 6.45) is 0.237. The summed E-state index contributed by atoms with van der Waals surface area (Å²) >= 11 is 2.88. The number of amides is 1. The monoisotopic (exact) mass is 424 g/mol. The van der Waals surface area contributed by atoms with E-state index >= 15 is 0 Å². The van der Waals surface area contributed by atoms with Crippen molar-refractivity contribution in [2.75, 3.05) is 11.9 Å². The predicted molar refractivity (Wildman–Crippen MR) is 115 cm³/mol. The normalized spacial score (nSPS) is 10.4. The van der Waals surface area contributed by atoms with Gasteiger partial charge < -0.3 is 10.1 Å². The van der Waals surface area contributed by atoms with Crippen LogP contribution in [0.3, 0.4) is 0 Å². The number of hydrogen-bond donors (Lipinski definition) is 1. The Morgan fingerprint density at radius 2 is 2.00 bits per heavy atom. The Hall–Kier alpha value is -2.89. The summed E-state index contributed by atoms with van der Waals surface area (Å²) in [6.45, 7) is 4.29. The van der Waals surface area contributed by atoms with Crippen LogP contribution in [0, 0.1) is 25.2 Å². The summed E-state index contributed by atoms with van der Waals surface area (Å²) in [4.78, 5) is 12.1. The number of nitriles is 1. The maximum Gasteiger partial charge on any atom is 0.229 e. The number of anilines is 1. The highest BCUT2D eigenvalue weighted by Crippen LogP contribution is 2.28. The standard InChI is InChI=1S/C21H20N4O2S2/c1-14-3-4-15(2)18(11-14)27-10-9-19(26)23-20-24-25-21(29-20)28-13-17-7-5-16(12-22)6-8-17/h3-8,11H,9-10,13H2,1-2H3,(H,23,24,26). The molecule has 0 spiro atoms. The molecular weight excluding hydrogens is 404 g/mol. The molecule has 0 unspecified atom stereocenters.